The molecule has 0 aliphatic heterocycles. The van der Waals surface area contributed by atoms with Crippen LogP contribution in [0.5, 0.6) is 0 Å². The fourth-order valence-corrected chi connectivity index (χ4v) is 2.89. The fourth-order valence-electron chi connectivity index (χ4n) is 1.62. The Labute approximate surface area is 118 Å². The van der Waals surface area contributed by atoms with Gasteiger partial charge in [0.2, 0.25) is 0 Å². The average molecular weight is 317 g/mol. The topological polar surface area (TPSA) is 85.1 Å². The molecule has 0 saturated heterocycles. The predicted octanol–water partition coefficient (Wildman–Crippen LogP) is 2.48. The summed E-state index contributed by atoms with van der Waals surface area (Å²) >= 11 is 0. The summed E-state index contributed by atoms with van der Waals surface area (Å²) in [6, 6.07) is 6.71. The molecule has 0 radical (unpaired) electrons. The zero-order valence-electron chi connectivity index (χ0n) is 10.4. The van der Waals surface area contributed by atoms with Gasteiger partial charge in [0.05, 0.1) is 16.1 Å². The van der Waals surface area contributed by atoms with Crippen molar-refractivity contribution < 1.29 is 21.6 Å². The summed E-state index contributed by atoms with van der Waals surface area (Å²) in [7, 11) is -4.46. The van der Waals surface area contributed by atoms with E-state index in [0.717, 1.165) is 12.1 Å². The van der Waals surface area contributed by atoms with Crippen LogP contribution in [-0.4, -0.2) is 13.4 Å². The largest absolute Gasteiger partial charge is 0.417 e. The van der Waals surface area contributed by atoms with Gasteiger partial charge in [-0.2, -0.15) is 13.2 Å². The Hall–Kier alpha value is -2.29. The molecule has 0 bridgehead atoms. The number of halogens is 3. The summed E-state index contributed by atoms with van der Waals surface area (Å²) in [5.74, 6) is -0.227. The molecule has 3 N–H and O–H groups in total. The number of nitrogen functional groups attached to an aromatic ring is 1. The number of hydrogen-bond donors (Lipinski definition) is 2. The molecule has 2 rings (SSSR count). The maximum Gasteiger partial charge on any atom is 0.417 e. The lowest BCUT2D eigenvalue weighted by molar-refractivity contribution is -0.139. The van der Waals surface area contributed by atoms with Crippen LogP contribution in [0.25, 0.3) is 0 Å². The van der Waals surface area contributed by atoms with E-state index in [0.29, 0.717) is 6.07 Å². The second-order valence-corrected chi connectivity index (χ2v) is 5.69. The number of sulfonamides is 1. The standard InChI is InChI=1S/C12H10F3N3O2S/c13-12(14,15)8-4-1-2-6-10(8)21(19,20)18-11-9(16)5-3-7-17-11/h1-7H,16H2,(H,17,18). The summed E-state index contributed by atoms with van der Waals surface area (Å²) in [4.78, 5) is 2.80. The van der Waals surface area contributed by atoms with Crippen LogP contribution in [0.1, 0.15) is 5.56 Å². The van der Waals surface area contributed by atoms with E-state index in [1.54, 1.807) is 0 Å². The predicted molar refractivity (Wildman–Crippen MR) is 70.9 cm³/mol. The molecule has 0 amide bonds. The minimum Gasteiger partial charge on any atom is -0.396 e. The van der Waals surface area contributed by atoms with Crippen LogP contribution >= 0.6 is 0 Å². The second kappa shape index (κ2) is 5.24. The van der Waals surface area contributed by atoms with Crippen molar-refractivity contribution >= 4 is 21.5 Å². The van der Waals surface area contributed by atoms with Crippen molar-refractivity contribution in [2.45, 2.75) is 11.1 Å². The first kappa shape index (κ1) is 15.1. The lowest BCUT2D eigenvalue weighted by atomic mass is 10.2. The SMILES string of the molecule is Nc1cccnc1NS(=O)(=O)c1ccccc1C(F)(F)F. The average Bonchev–Trinajstić information content (AvgIpc) is 2.40. The minimum absolute atomic E-state index is 0.00515. The van der Waals surface area contributed by atoms with Crippen molar-refractivity contribution in [3.8, 4) is 0 Å². The molecule has 1 aromatic heterocycles. The van der Waals surface area contributed by atoms with E-state index >= 15 is 0 Å². The molecule has 0 aliphatic rings. The third-order valence-corrected chi connectivity index (χ3v) is 3.95. The van der Waals surface area contributed by atoms with Gasteiger partial charge >= 0.3 is 6.18 Å². The van der Waals surface area contributed by atoms with Gasteiger partial charge in [-0.25, -0.2) is 13.4 Å². The van der Waals surface area contributed by atoms with Crippen LogP contribution in [0.4, 0.5) is 24.7 Å². The Morgan fingerprint density at radius 3 is 2.38 bits per heavy atom. The number of rotatable bonds is 3. The van der Waals surface area contributed by atoms with Gasteiger partial charge in [0.25, 0.3) is 10.0 Å². The summed E-state index contributed by atoms with van der Waals surface area (Å²) in [6.45, 7) is 0. The summed E-state index contributed by atoms with van der Waals surface area (Å²) in [5, 5.41) is 0. The molecule has 0 saturated carbocycles. The Kier molecular flexibility index (Phi) is 3.77. The molecule has 2 aromatic rings. The van der Waals surface area contributed by atoms with Gasteiger partial charge in [-0.3, -0.25) is 4.72 Å². The van der Waals surface area contributed by atoms with Crippen molar-refractivity contribution in [2.24, 2.45) is 0 Å². The number of benzene rings is 1. The van der Waals surface area contributed by atoms with E-state index in [1.807, 2.05) is 4.72 Å². The van der Waals surface area contributed by atoms with Crippen LogP contribution in [0.15, 0.2) is 47.5 Å². The first-order valence-corrected chi connectivity index (χ1v) is 7.09. The molecule has 5 nitrogen and oxygen atoms in total. The molecule has 9 heteroatoms. The number of anilines is 2. The maximum absolute atomic E-state index is 12.9. The van der Waals surface area contributed by atoms with Gasteiger partial charge in [0.1, 0.15) is 0 Å². The lowest BCUT2D eigenvalue weighted by Crippen LogP contribution is -2.20. The molecule has 0 fully saturated rings. The highest BCUT2D eigenvalue weighted by Crippen LogP contribution is 2.34. The normalized spacial score (nSPS) is 12.1. The van der Waals surface area contributed by atoms with Crippen molar-refractivity contribution in [1.29, 1.82) is 0 Å². The molecule has 1 heterocycles. The fraction of sp³-hybridized carbons (Fsp3) is 0.0833. The summed E-state index contributed by atoms with van der Waals surface area (Å²) in [5.41, 5.74) is 4.27. The Morgan fingerprint density at radius 2 is 1.76 bits per heavy atom. The van der Waals surface area contributed by atoms with Crippen LogP contribution in [0.2, 0.25) is 0 Å². The van der Waals surface area contributed by atoms with Crippen LogP contribution in [-0.2, 0) is 16.2 Å². The van der Waals surface area contributed by atoms with Gasteiger partial charge in [-0.1, -0.05) is 12.1 Å². The summed E-state index contributed by atoms with van der Waals surface area (Å²) < 4.78 is 64.8. The zero-order valence-corrected chi connectivity index (χ0v) is 11.2. The number of hydrogen-bond acceptors (Lipinski definition) is 4. The van der Waals surface area contributed by atoms with Crippen LogP contribution < -0.4 is 10.5 Å². The zero-order chi connectivity index (χ0) is 15.7. The van der Waals surface area contributed by atoms with Crippen molar-refractivity contribution in [3.63, 3.8) is 0 Å². The molecule has 21 heavy (non-hydrogen) atoms. The smallest absolute Gasteiger partial charge is 0.396 e. The first-order chi connectivity index (χ1) is 9.72. The number of alkyl halides is 3. The maximum atomic E-state index is 12.9. The van der Waals surface area contributed by atoms with Gasteiger partial charge in [0, 0.05) is 6.20 Å². The quantitative estimate of drug-likeness (QED) is 0.911. The monoisotopic (exact) mass is 317 g/mol. The molecule has 0 spiro atoms. The second-order valence-electron chi connectivity index (χ2n) is 4.04. The number of nitrogens with one attached hydrogen (secondary N) is 1. The van der Waals surface area contributed by atoms with E-state index in [4.69, 9.17) is 5.73 Å². The summed E-state index contributed by atoms with van der Waals surface area (Å²) in [6.07, 6.45) is -3.52. The third-order valence-electron chi connectivity index (χ3n) is 2.55. The van der Waals surface area contributed by atoms with E-state index < -0.39 is 26.7 Å². The molecule has 1 aromatic carbocycles. The van der Waals surface area contributed by atoms with E-state index in [9.17, 15) is 21.6 Å². The van der Waals surface area contributed by atoms with E-state index in [2.05, 4.69) is 4.98 Å². The van der Waals surface area contributed by atoms with E-state index in [-0.39, 0.29) is 11.5 Å². The molecule has 0 aliphatic carbocycles. The third kappa shape index (κ3) is 3.24. The number of nitrogens with two attached hydrogens (primary N) is 1. The van der Waals surface area contributed by atoms with Crippen molar-refractivity contribution in [3.05, 3.63) is 48.2 Å². The molecule has 112 valence electrons. The van der Waals surface area contributed by atoms with Crippen molar-refractivity contribution in [1.82, 2.24) is 4.98 Å². The number of nitrogens with zero attached hydrogens (tertiary/aromatic N) is 1. The molecule has 0 atom stereocenters. The highest BCUT2D eigenvalue weighted by atomic mass is 32.2. The van der Waals surface area contributed by atoms with Gasteiger partial charge in [-0.05, 0) is 24.3 Å². The molecular weight excluding hydrogens is 307 g/mol. The number of aromatic nitrogens is 1. The first-order valence-electron chi connectivity index (χ1n) is 5.61. The number of pyridine rings is 1. The lowest BCUT2D eigenvalue weighted by Gasteiger charge is -2.14. The van der Waals surface area contributed by atoms with E-state index in [1.165, 1.54) is 24.4 Å². The van der Waals surface area contributed by atoms with Crippen LogP contribution in [0, 0.1) is 0 Å². The van der Waals surface area contributed by atoms with Gasteiger partial charge in [-0.15, -0.1) is 0 Å². The highest BCUT2D eigenvalue weighted by Gasteiger charge is 2.37. The van der Waals surface area contributed by atoms with Crippen molar-refractivity contribution in [2.75, 3.05) is 10.5 Å². The Balaban J connectivity index is 2.49. The minimum atomic E-state index is -4.79. The van der Waals surface area contributed by atoms with Crippen LogP contribution in [0.3, 0.4) is 0 Å². The van der Waals surface area contributed by atoms with Gasteiger partial charge in [0.15, 0.2) is 5.82 Å². The molecule has 0 unspecified atom stereocenters. The van der Waals surface area contributed by atoms with Gasteiger partial charge < -0.3 is 5.73 Å². The Morgan fingerprint density at radius 1 is 1.10 bits per heavy atom. The Bertz CT molecular complexity index is 760. The molecular formula is C12H10F3N3O2S. The highest BCUT2D eigenvalue weighted by molar-refractivity contribution is 7.92.